The van der Waals surface area contributed by atoms with Gasteiger partial charge in [-0.05, 0) is 31.5 Å². The Kier molecular flexibility index (Phi) is 5.67. The normalized spacial score (nSPS) is 18.2. The third-order valence-corrected chi connectivity index (χ3v) is 4.79. The molecule has 1 aliphatic heterocycles. The molecule has 29 heavy (non-hydrogen) atoms. The SMILES string of the molecule is CNC(=O)c1cc(Oc2cccc(NC(=O)N3CCC(C)(C(=O)O)C3)c2)ccn1. The third-order valence-electron chi connectivity index (χ3n) is 4.79. The molecular weight excluding hydrogens is 376 g/mol. The number of aromatic nitrogens is 1. The minimum absolute atomic E-state index is 0.156. The molecule has 1 atom stereocenters. The first kappa shape index (κ1) is 20.1. The molecule has 0 aliphatic carbocycles. The predicted molar refractivity (Wildman–Crippen MR) is 105 cm³/mol. The Labute approximate surface area is 167 Å². The second kappa shape index (κ2) is 8.17. The van der Waals surface area contributed by atoms with Crippen molar-refractivity contribution in [2.75, 3.05) is 25.5 Å². The molecule has 3 N–H and O–H groups in total. The van der Waals surface area contributed by atoms with Crippen molar-refractivity contribution in [2.45, 2.75) is 13.3 Å². The van der Waals surface area contributed by atoms with Crippen molar-refractivity contribution in [3.05, 3.63) is 48.3 Å². The van der Waals surface area contributed by atoms with Crippen molar-refractivity contribution < 1.29 is 24.2 Å². The number of benzene rings is 1. The molecule has 1 saturated heterocycles. The number of carbonyl (C=O) groups is 3. The monoisotopic (exact) mass is 398 g/mol. The summed E-state index contributed by atoms with van der Waals surface area (Å²) < 4.78 is 5.76. The van der Waals surface area contributed by atoms with Crippen LogP contribution in [0.15, 0.2) is 42.6 Å². The molecule has 0 radical (unpaired) electrons. The molecule has 3 rings (SSSR count). The van der Waals surface area contributed by atoms with Crippen molar-refractivity contribution in [1.82, 2.24) is 15.2 Å². The smallest absolute Gasteiger partial charge is 0.321 e. The molecule has 1 unspecified atom stereocenters. The van der Waals surface area contributed by atoms with Crippen LogP contribution < -0.4 is 15.4 Å². The van der Waals surface area contributed by atoms with Gasteiger partial charge < -0.3 is 25.4 Å². The van der Waals surface area contributed by atoms with Gasteiger partial charge in [-0.1, -0.05) is 6.07 Å². The molecule has 152 valence electrons. The lowest BCUT2D eigenvalue weighted by Crippen LogP contribution is -2.37. The number of anilines is 1. The maximum absolute atomic E-state index is 12.5. The van der Waals surface area contributed by atoms with Crippen LogP contribution in [-0.2, 0) is 4.79 Å². The first-order valence-electron chi connectivity index (χ1n) is 9.06. The number of hydrogen-bond acceptors (Lipinski definition) is 5. The first-order valence-corrected chi connectivity index (χ1v) is 9.06. The topological polar surface area (TPSA) is 121 Å². The number of likely N-dealkylation sites (tertiary alicyclic amines) is 1. The quantitative estimate of drug-likeness (QED) is 0.712. The molecule has 1 aromatic carbocycles. The number of amides is 3. The lowest BCUT2D eigenvalue weighted by atomic mass is 9.90. The van der Waals surface area contributed by atoms with Gasteiger partial charge in [0.15, 0.2) is 0 Å². The molecule has 1 aromatic heterocycles. The fourth-order valence-corrected chi connectivity index (χ4v) is 3.01. The van der Waals surface area contributed by atoms with Gasteiger partial charge in [-0.15, -0.1) is 0 Å². The van der Waals surface area contributed by atoms with E-state index in [9.17, 15) is 19.5 Å². The molecule has 2 aromatic rings. The van der Waals surface area contributed by atoms with Gasteiger partial charge in [-0.2, -0.15) is 0 Å². The van der Waals surface area contributed by atoms with Gasteiger partial charge >= 0.3 is 12.0 Å². The summed E-state index contributed by atoms with van der Waals surface area (Å²) in [6, 6.07) is 9.56. The molecule has 0 saturated carbocycles. The van der Waals surface area contributed by atoms with E-state index in [0.717, 1.165) is 0 Å². The van der Waals surface area contributed by atoms with Crippen LogP contribution in [0.25, 0.3) is 0 Å². The van der Waals surface area contributed by atoms with Crippen molar-refractivity contribution in [3.63, 3.8) is 0 Å². The lowest BCUT2D eigenvalue weighted by Gasteiger charge is -2.20. The van der Waals surface area contributed by atoms with E-state index in [0.29, 0.717) is 30.2 Å². The average Bonchev–Trinajstić information content (AvgIpc) is 3.12. The molecule has 1 fully saturated rings. The molecule has 9 nitrogen and oxygen atoms in total. The summed E-state index contributed by atoms with van der Waals surface area (Å²) in [5.41, 5.74) is -0.187. The molecular formula is C20H22N4O5. The maximum atomic E-state index is 12.5. The van der Waals surface area contributed by atoms with Crippen molar-refractivity contribution in [3.8, 4) is 11.5 Å². The molecule has 0 bridgehead atoms. The summed E-state index contributed by atoms with van der Waals surface area (Å²) in [5, 5.41) is 14.6. The molecule has 2 heterocycles. The van der Waals surface area contributed by atoms with E-state index in [1.54, 1.807) is 37.3 Å². The van der Waals surface area contributed by atoms with Crippen LogP contribution in [0.3, 0.4) is 0 Å². The lowest BCUT2D eigenvalue weighted by molar-refractivity contribution is -0.146. The maximum Gasteiger partial charge on any atom is 0.321 e. The highest BCUT2D eigenvalue weighted by Crippen LogP contribution is 2.31. The Morgan fingerprint density at radius 2 is 1.97 bits per heavy atom. The number of carboxylic acids is 1. The number of pyridine rings is 1. The number of urea groups is 1. The molecule has 1 aliphatic rings. The van der Waals surface area contributed by atoms with Crippen molar-refractivity contribution in [1.29, 1.82) is 0 Å². The molecule has 3 amide bonds. The van der Waals surface area contributed by atoms with Crippen LogP contribution in [0.1, 0.15) is 23.8 Å². The number of rotatable bonds is 5. The zero-order valence-electron chi connectivity index (χ0n) is 16.1. The van der Waals surface area contributed by atoms with Crippen LogP contribution in [0.4, 0.5) is 10.5 Å². The predicted octanol–water partition coefficient (Wildman–Crippen LogP) is 2.56. The highest BCUT2D eigenvalue weighted by atomic mass is 16.5. The fraction of sp³-hybridized carbons (Fsp3) is 0.300. The zero-order chi connectivity index (χ0) is 21.0. The van der Waals surface area contributed by atoms with E-state index in [-0.39, 0.29) is 24.2 Å². The van der Waals surface area contributed by atoms with Gasteiger partial charge in [-0.25, -0.2) is 4.79 Å². The van der Waals surface area contributed by atoms with E-state index in [1.807, 2.05) is 0 Å². The highest BCUT2D eigenvalue weighted by Gasteiger charge is 2.42. The summed E-state index contributed by atoms with van der Waals surface area (Å²) in [7, 11) is 1.52. The summed E-state index contributed by atoms with van der Waals surface area (Å²) in [4.78, 5) is 41.0. The van der Waals surface area contributed by atoms with Gasteiger partial charge in [0.2, 0.25) is 0 Å². The fourth-order valence-electron chi connectivity index (χ4n) is 3.01. The Bertz CT molecular complexity index is 948. The minimum Gasteiger partial charge on any atom is -0.481 e. The average molecular weight is 398 g/mol. The molecule has 0 spiro atoms. The Morgan fingerprint density at radius 3 is 2.66 bits per heavy atom. The second-order valence-corrected chi connectivity index (χ2v) is 7.05. The van der Waals surface area contributed by atoms with Crippen LogP contribution in [0.2, 0.25) is 0 Å². The van der Waals surface area contributed by atoms with Gasteiger partial charge in [0.05, 0.1) is 5.41 Å². The number of hydrogen-bond donors (Lipinski definition) is 3. The number of carbonyl (C=O) groups excluding carboxylic acids is 2. The van der Waals surface area contributed by atoms with E-state index >= 15 is 0 Å². The zero-order valence-corrected chi connectivity index (χ0v) is 16.1. The van der Waals surface area contributed by atoms with Crippen LogP contribution in [0.5, 0.6) is 11.5 Å². The standard InChI is InChI=1S/C20H22N4O5/c1-20(18(26)27)7-9-24(12-20)19(28)23-13-4-3-5-14(10-13)29-15-6-8-22-16(11-15)17(25)21-2/h3-6,8,10-11H,7,9,12H2,1-2H3,(H,21,25)(H,23,28)(H,26,27). The summed E-state index contributed by atoms with van der Waals surface area (Å²) in [5.74, 6) is -0.334. The number of ether oxygens (including phenoxy) is 1. The van der Waals surface area contributed by atoms with Crippen LogP contribution in [0, 0.1) is 5.41 Å². The summed E-state index contributed by atoms with van der Waals surface area (Å²) in [6.07, 6.45) is 1.88. The summed E-state index contributed by atoms with van der Waals surface area (Å²) >= 11 is 0. The molecule has 9 heteroatoms. The van der Waals surface area contributed by atoms with Crippen LogP contribution in [-0.4, -0.2) is 53.0 Å². The van der Waals surface area contributed by atoms with Crippen LogP contribution >= 0.6 is 0 Å². The Balaban J connectivity index is 1.67. The third kappa shape index (κ3) is 4.63. The van der Waals surface area contributed by atoms with Crippen molar-refractivity contribution >= 4 is 23.6 Å². The highest BCUT2D eigenvalue weighted by molar-refractivity contribution is 5.92. The Hall–Kier alpha value is -3.62. The van der Waals surface area contributed by atoms with Gasteiger partial charge in [0.25, 0.3) is 5.91 Å². The number of aliphatic carboxylic acids is 1. The Morgan fingerprint density at radius 1 is 1.21 bits per heavy atom. The van der Waals surface area contributed by atoms with E-state index in [2.05, 4.69) is 15.6 Å². The van der Waals surface area contributed by atoms with E-state index < -0.39 is 11.4 Å². The van der Waals surface area contributed by atoms with E-state index in [4.69, 9.17) is 4.74 Å². The number of carboxylic acid groups (broad SMARTS) is 1. The summed E-state index contributed by atoms with van der Waals surface area (Å²) in [6.45, 7) is 2.17. The number of nitrogens with one attached hydrogen (secondary N) is 2. The number of nitrogens with zero attached hydrogens (tertiary/aromatic N) is 2. The largest absolute Gasteiger partial charge is 0.481 e. The van der Waals surface area contributed by atoms with Gasteiger partial charge in [0, 0.05) is 44.2 Å². The minimum atomic E-state index is -0.924. The van der Waals surface area contributed by atoms with Gasteiger partial charge in [0.1, 0.15) is 17.2 Å². The van der Waals surface area contributed by atoms with Crippen molar-refractivity contribution in [2.24, 2.45) is 5.41 Å². The first-order chi connectivity index (χ1) is 13.8. The van der Waals surface area contributed by atoms with Gasteiger partial charge in [-0.3, -0.25) is 14.6 Å². The van der Waals surface area contributed by atoms with E-state index in [1.165, 1.54) is 24.2 Å². The second-order valence-electron chi connectivity index (χ2n) is 7.05.